The highest BCUT2D eigenvalue weighted by atomic mass is 35.5. The van der Waals surface area contributed by atoms with Crippen molar-refractivity contribution in [3.63, 3.8) is 0 Å². The SMILES string of the molecule is ClCCc1nc2ccccc2n1-c1cc(Cl)cc(Cl)c1. The largest absolute Gasteiger partial charge is 0.296 e. The molecule has 1 heterocycles. The minimum atomic E-state index is 0.512. The molecule has 102 valence electrons. The van der Waals surface area contributed by atoms with E-state index in [4.69, 9.17) is 34.8 Å². The number of aryl methyl sites for hydroxylation is 1. The van der Waals surface area contributed by atoms with E-state index in [1.165, 1.54) is 0 Å². The van der Waals surface area contributed by atoms with Gasteiger partial charge in [0.05, 0.1) is 16.7 Å². The molecule has 0 amide bonds. The van der Waals surface area contributed by atoms with Crippen molar-refractivity contribution >= 4 is 45.8 Å². The first kappa shape index (κ1) is 13.7. The average Bonchev–Trinajstić information content (AvgIpc) is 2.76. The Kier molecular flexibility index (Phi) is 3.88. The van der Waals surface area contributed by atoms with Crippen LogP contribution in [0.25, 0.3) is 16.7 Å². The Morgan fingerprint density at radius 1 is 1.00 bits per heavy atom. The van der Waals surface area contributed by atoms with Crippen LogP contribution in [0.15, 0.2) is 42.5 Å². The first-order valence-corrected chi connectivity index (χ1v) is 7.47. The van der Waals surface area contributed by atoms with Crippen LogP contribution < -0.4 is 0 Å². The molecule has 2 nitrogen and oxygen atoms in total. The van der Waals surface area contributed by atoms with Gasteiger partial charge in [-0.05, 0) is 30.3 Å². The fourth-order valence-corrected chi connectivity index (χ4v) is 2.97. The second-order valence-corrected chi connectivity index (χ2v) is 5.67. The number of hydrogen-bond donors (Lipinski definition) is 0. The number of alkyl halides is 1. The van der Waals surface area contributed by atoms with Crippen LogP contribution in [-0.2, 0) is 6.42 Å². The van der Waals surface area contributed by atoms with E-state index in [0.29, 0.717) is 22.3 Å². The molecule has 3 rings (SSSR count). The Balaban J connectivity index is 2.29. The van der Waals surface area contributed by atoms with Crippen molar-refractivity contribution in [3.8, 4) is 5.69 Å². The lowest BCUT2D eigenvalue weighted by Gasteiger charge is -2.09. The lowest BCUT2D eigenvalue weighted by molar-refractivity contribution is 0.912. The molecule has 3 aromatic rings. The Labute approximate surface area is 131 Å². The number of halogens is 3. The fraction of sp³-hybridized carbons (Fsp3) is 0.133. The molecule has 0 saturated carbocycles. The zero-order chi connectivity index (χ0) is 14.1. The van der Waals surface area contributed by atoms with E-state index in [1.807, 2.05) is 36.4 Å². The third-order valence-electron chi connectivity index (χ3n) is 3.05. The molecule has 0 bridgehead atoms. The third-order valence-corrected chi connectivity index (χ3v) is 3.68. The number of hydrogen-bond acceptors (Lipinski definition) is 1. The van der Waals surface area contributed by atoms with Gasteiger partial charge in [0.1, 0.15) is 5.82 Å². The molecular weight excluding hydrogens is 315 g/mol. The molecule has 0 aliphatic heterocycles. The van der Waals surface area contributed by atoms with Gasteiger partial charge in [-0.25, -0.2) is 4.98 Å². The maximum Gasteiger partial charge on any atom is 0.115 e. The van der Waals surface area contributed by atoms with E-state index in [2.05, 4.69) is 9.55 Å². The fourth-order valence-electron chi connectivity index (χ4n) is 2.28. The number of benzene rings is 2. The van der Waals surface area contributed by atoms with Crippen molar-refractivity contribution in [2.24, 2.45) is 0 Å². The summed E-state index contributed by atoms with van der Waals surface area (Å²) in [6, 6.07) is 13.4. The van der Waals surface area contributed by atoms with E-state index >= 15 is 0 Å². The summed E-state index contributed by atoms with van der Waals surface area (Å²) >= 11 is 18.1. The topological polar surface area (TPSA) is 17.8 Å². The quantitative estimate of drug-likeness (QED) is 0.612. The summed E-state index contributed by atoms with van der Waals surface area (Å²) in [6.45, 7) is 0. The predicted molar refractivity (Wildman–Crippen MR) is 85.5 cm³/mol. The highest BCUT2D eigenvalue weighted by molar-refractivity contribution is 6.34. The van der Waals surface area contributed by atoms with Crippen molar-refractivity contribution in [2.75, 3.05) is 5.88 Å². The summed E-state index contributed by atoms with van der Waals surface area (Å²) < 4.78 is 2.05. The van der Waals surface area contributed by atoms with Gasteiger partial charge in [0.15, 0.2) is 0 Å². The molecule has 0 atom stereocenters. The minimum Gasteiger partial charge on any atom is -0.296 e. The molecule has 0 unspecified atom stereocenters. The van der Waals surface area contributed by atoms with E-state index in [1.54, 1.807) is 6.07 Å². The zero-order valence-electron chi connectivity index (χ0n) is 10.5. The molecule has 5 heteroatoms. The van der Waals surface area contributed by atoms with Crippen LogP contribution in [0.1, 0.15) is 5.82 Å². The first-order valence-electron chi connectivity index (χ1n) is 6.18. The van der Waals surface area contributed by atoms with Crippen molar-refractivity contribution in [1.82, 2.24) is 9.55 Å². The van der Waals surface area contributed by atoms with Gasteiger partial charge in [0.2, 0.25) is 0 Å². The summed E-state index contributed by atoms with van der Waals surface area (Å²) in [5.41, 5.74) is 2.85. The van der Waals surface area contributed by atoms with Crippen LogP contribution in [0.3, 0.4) is 0 Å². The molecule has 0 aliphatic rings. The maximum absolute atomic E-state index is 6.10. The molecule has 0 N–H and O–H groups in total. The highest BCUT2D eigenvalue weighted by Crippen LogP contribution is 2.27. The van der Waals surface area contributed by atoms with Crippen molar-refractivity contribution in [1.29, 1.82) is 0 Å². The van der Waals surface area contributed by atoms with Gasteiger partial charge in [0, 0.05) is 22.3 Å². The Bertz CT molecular complexity index is 745. The third kappa shape index (κ3) is 2.51. The van der Waals surface area contributed by atoms with Gasteiger partial charge in [-0.1, -0.05) is 35.3 Å². The summed E-state index contributed by atoms with van der Waals surface area (Å²) in [4.78, 5) is 4.63. The summed E-state index contributed by atoms with van der Waals surface area (Å²) in [5.74, 6) is 1.41. The molecule has 0 radical (unpaired) electrons. The minimum absolute atomic E-state index is 0.512. The molecule has 1 aromatic heterocycles. The molecule has 2 aromatic carbocycles. The van der Waals surface area contributed by atoms with Crippen molar-refractivity contribution < 1.29 is 0 Å². The zero-order valence-corrected chi connectivity index (χ0v) is 12.8. The standard InChI is InChI=1S/C15H11Cl3N2/c16-6-5-15-19-13-3-1-2-4-14(13)20(15)12-8-10(17)7-11(18)9-12/h1-4,7-9H,5-6H2. The van der Waals surface area contributed by atoms with Gasteiger partial charge in [0.25, 0.3) is 0 Å². The van der Waals surface area contributed by atoms with E-state index < -0.39 is 0 Å². The Morgan fingerprint density at radius 2 is 1.70 bits per heavy atom. The van der Waals surface area contributed by atoms with Gasteiger partial charge in [-0.3, -0.25) is 4.57 Å². The van der Waals surface area contributed by atoms with Crippen LogP contribution >= 0.6 is 34.8 Å². The second-order valence-electron chi connectivity index (χ2n) is 4.42. The normalized spacial score (nSPS) is 11.2. The van der Waals surface area contributed by atoms with Gasteiger partial charge in [-0.15, -0.1) is 11.6 Å². The average molecular weight is 326 g/mol. The van der Waals surface area contributed by atoms with E-state index in [0.717, 1.165) is 22.5 Å². The van der Waals surface area contributed by atoms with E-state index in [9.17, 15) is 0 Å². The number of aromatic nitrogens is 2. The Hall–Kier alpha value is -1.22. The van der Waals surface area contributed by atoms with Crippen LogP contribution in [0.2, 0.25) is 10.0 Å². The van der Waals surface area contributed by atoms with Crippen LogP contribution in [0.4, 0.5) is 0 Å². The lowest BCUT2D eigenvalue weighted by Crippen LogP contribution is -2.02. The van der Waals surface area contributed by atoms with Crippen molar-refractivity contribution in [3.05, 3.63) is 58.3 Å². The number of rotatable bonds is 3. The second kappa shape index (κ2) is 5.65. The van der Waals surface area contributed by atoms with Gasteiger partial charge >= 0.3 is 0 Å². The number of fused-ring (bicyclic) bond motifs is 1. The number of nitrogens with zero attached hydrogens (tertiary/aromatic N) is 2. The highest BCUT2D eigenvalue weighted by Gasteiger charge is 2.12. The molecule has 0 spiro atoms. The van der Waals surface area contributed by atoms with Crippen LogP contribution in [0, 0.1) is 0 Å². The predicted octanol–water partition coefficient (Wildman–Crippen LogP) is 5.11. The lowest BCUT2D eigenvalue weighted by atomic mass is 10.2. The summed E-state index contributed by atoms with van der Waals surface area (Å²) in [5, 5.41) is 1.20. The monoisotopic (exact) mass is 324 g/mol. The Morgan fingerprint density at radius 3 is 2.40 bits per heavy atom. The van der Waals surface area contributed by atoms with E-state index in [-0.39, 0.29) is 0 Å². The van der Waals surface area contributed by atoms with Crippen LogP contribution in [-0.4, -0.2) is 15.4 Å². The number of imidazole rings is 1. The molecule has 0 fully saturated rings. The summed E-state index contributed by atoms with van der Waals surface area (Å²) in [6.07, 6.45) is 0.681. The smallest absolute Gasteiger partial charge is 0.115 e. The van der Waals surface area contributed by atoms with Gasteiger partial charge < -0.3 is 0 Å². The van der Waals surface area contributed by atoms with Gasteiger partial charge in [-0.2, -0.15) is 0 Å². The molecular formula is C15H11Cl3N2. The van der Waals surface area contributed by atoms with Crippen molar-refractivity contribution in [2.45, 2.75) is 6.42 Å². The molecule has 0 aliphatic carbocycles. The molecule has 0 saturated heterocycles. The van der Waals surface area contributed by atoms with Crippen LogP contribution in [0.5, 0.6) is 0 Å². The summed E-state index contributed by atoms with van der Waals surface area (Å²) in [7, 11) is 0. The first-order chi connectivity index (χ1) is 9.69. The number of para-hydroxylation sites is 2. The maximum atomic E-state index is 6.10. The molecule has 20 heavy (non-hydrogen) atoms.